The minimum Gasteiger partial charge on any atom is -0.493 e. The monoisotopic (exact) mass is 462 g/mol. The van der Waals surface area contributed by atoms with Gasteiger partial charge >= 0.3 is 0 Å². The summed E-state index contributed by atoms with van der Waals surface area (Å²) in [5.74, 6) is 4.09. The number of ether oxygens (including phenoxy) is 1. The van der Waals surface area contributed by atoms with Crippen molar-refractivity contribution in [2.45, 2.75) is 79.1 Å². The fraction of sp³-hybridized carbons (Fsp3) is 0.531. The molecule has 0 spiro atoms. The Morgan fingerprint density at radius 2 is 1.76 bits per heavy atom. The van der Waals surface area contributed by atoms with Crippen molar-refractivity contribution in [2.24, 2.45) is 23.7 Å². The number of ketones is 1. The zero-order chi connectivity index (χ0) is 24.5. The fourth-order valence-corrected chi connectivity index (χ4v) is 4.79. The van der Waals surface area contributed by atoms with Crippen LogP contribution in [-0.4, -0.2) is 12.4 Å². The van der Waals surface area contributed by atoms with E-state index >= 15 is 0 Å². The molecule has 1 aliphatic carbocycles. The zero-order valence-corrected chi connectivity index (χ0v) is 21.8. The van der Waals surface area contributed by atoms with Crippen LogP contribution in [0.4, 0.5) is 0 Å². The van der Waals surface area contributed by atoms with E-state index in [4.69, 9.17) is 4.74 Å². The average molecular weight is 463 g/mol. The summed E-state index contributed by atoms with van der Waals surface area (Å²) in [7, 11) is 0. The van der Waals surface area contributed by atoms with Gasteiger partial charge in [0.05, 0.1) is 6.61 Å². The standard InChI is InChI=1S/C27H32O2.C5H12.H2/c1-3-20-8-11-24(12-9-20)26(28)16-23-15-25-13-10-22(17-27(25)29-18-23)14-21-6-4-19(2)5-7-21;1-4-5(2)3;/h3,8-13,17,19,21,23H,1,4-7,14-16,18H2,2H3;5H,4H2,1-3H3;1H/t19?,21?,23-;;/m0../s1. The number of hydrogen-bond acceptors (Lipinski definition) is 2. The van der Waals surface area contributed by atoms with E-state index in [1.807, 2.05) is 24.3 Å². The van der Waals surface area contributed by atoms with Crippen LogP contribution in [0.5, 0.6) is 5.75 Å². The van der Waals surface area contributed by atoms with Gasteiger partial charge < -0.3 is 4.74 Å². The van der Waals surface area contributed by atoms with E-state index in [-0.39, 0.29) is 13.1 Å². The molecule has 2 nitrogen and oxygen atoms in total. The third-order valence-electron chi connectivity index (χ3n) is 7.53. The van der Waals surface area contributed by atoms with E-state index in [1.54, 1.807) is 6.08 Å². The summed E-state index contributed by atoms with van der Waals surface area (Å²) in [5, 5.41) is 0. The normalized spacial score (nSPS) is 21.6. The fourth-order valence-electron chi connectivity index (χ4n) is 4.79. The maximum atomic E-state index is 12.6. The Labute approximate surface area is 209 Å². The molecule has 0 radical (unpaired) electrons. The van der Waals surface area contributed by atoms with Gasteiger partial charge in [0.2, 0.25) is 0 Å². The maximum Gasteiger partial charge on any atom is 0.163 e. The first kappa shape index (κ1) is 26.3. The van der Waals surface area contributed by atoms with Crippen molar-refractivity contribution in [2.75, 3.05) is 6.61 Å². The average Bonchev–Trinajstić information content (AvgIpc) is 2.86. The highest BCUT2D eigenvalue weighted by Crippen LogP contribution is 2.34. The summed E-state index contributed by atoms with van der Waals surface area (Å²) >= 11 is 0. The Hall–Kier alpha value is -2.35. The van der Waals surface area contributed by atoms with E-state index in [2.05, 4.69) is 52.5 Å². The molecule has 1 fully saturated rings. The molecule has 186 valence electrons. The summed E-state index contributed by atoms with van der Waals surface area (Å²) in [5.41, 5.74) is 4.46. The first-order valence-electron chi connectivity index (χ1n) is 13.4. The lowest BCUT2D eigenvalue weighted by molar-refractivity contribution is 0.0934. The van der Waals surface area contributed by atoms with Crippen LogP contribution < -0.4 is 4.74 Å². The van der Waals surface area contributed by atoms with Crippen molar-refractivity contribution in [1.29, 1.82) is 0 Å². The van der Waals surface area contributed by atoms with Crippen LogP contribution >= 0.6 is 0 Å². The maximum absolute atomic E-state index is 12.6. The van der Waals surface area contributed by atoms with Gasteiger partial charge in [0.15, 0.2) is 5.78 Å². The molecule has 4 rings (SSSR count). The predicted molar refractivity (Wildman–Crippen MR) is 147 cm³/mol. The van der Waals surface area contributed by atoms with Gasteiger partial charge in [0, 0.05) is 19.3 Å². The molecule has 0 saturated heterocycles. The minimum absolute atomic E-state index is 0. The predicted octanol–water partition coefficient (Wildman–Crippen LogP) is 8.82. The highest BCUT2D eigenvalue weighted by atomic mass is 16.5. The molecule has 0 bridgehead atoms. The van der Waals surface area contributed by atoms with Crippen molar-refractivity contribution in [1.82, 2.24) is 0 Å². The molecule has 2 aliphatic rings. The molecule has 0 aromatic heterocycles. The second kappa shape index (κ2) is 12.9. The summed E-state index contributed by atoms with van der Waals surface area (Å²) in [4.78, 5) is 12.6. The lowest BCUT2D eigenvalue weighted by atomic mass is 9.80. The van der Waals surface area contributed by atoms with Gasteiger partial charge in [-0.05, 0) is 66.2 Å². The molecule has 2 heteroatoms. The number of rotatable bonds is 7. The first-order chi connectivity index (χ1) is 16.4. The Morgan fingerprint density at radius 1 is 1.09 bits per heavy atom. The van der Waals surface area contributed by atoms with Crippen LogP contribution in [0.3, 0.4) is 0 Å². The smallest absolute Gasteiger partial charge is 0.163 e. The van der Waals surface area contributed by atoms with Gasteiger partial charge in [-0.25, -0.2) is 0 Å². The third-order valence-corrected chi connectivity index (χ3v) is 7.53. The van der Waals surface area contributed by atoms with Crippen molar-refractivity contribution in [3.8, 4) is 5.75 Å². The number of fused-ring (bicyclic) bond motifs is 1. The molecule has 1 saturated carbocycles. The Morgan fingerprint density at radius 3 is 2.38 bits per heavy atom. The van der Waals surface area contributed by atoms with E-state index < -0.39 is 0 Å². The molecule has 1 atom stereocenters. The second-order valence-electron chi connectivity index (χ2n) is 10.9. The molecule has 2 aromatic rings. The van der Waals surface area contributed by atoms with Gasteiger partial charge in [-0.2, -0.15) is 0 Å². The number of carbonyl (C=O) groups excluding carboxylic acids is 1. The van der Waals surface area contributed by atoms with Crippen molar-refractivity contribution < 1.29 is 11.0 Å². The lowest BCUT2D eigenvalue weighted by Gasteiger charge is -2.28. The van der Waals surface area contributed by atoms with E-state index in [0.29, 0.717) is 13.0 Å². The van der Waals surface area contributed by atoms with Crippen LogP contribution in [-0.2, 0) is 12.8 Å². The molecule has 0 N–H and O–H groups in total. The number of benzene rings is 2. The summed E-state index contributed by atoms with van der Waals surface area (Å²) in [6, 6.07) is 14.4. The van der Waals surface area contributed by atoms with Crippen molar-refractivity contribution in [3.63, 3.8) is 0 Å². The van der Waals surface area contributed by atoms with Crippen LogP contribution in [0.2, 0.25) is 0 Å². The number of hydrogen-bond donors (Lipinski definition) is 0. The van der Waals surface area contributed by atoms with Gasteiger partial charge in [0.1, 0.15) is 5.75 Å². The number of carbonyl (C=O) groups is 1. The SMILES string of the molecule is C=Cc1ccc(C(=O)C[C@H]2COc3cc(CC4CCC(C)CC4)ccc3C2)cc1.CCC(C)C.[HH]. The van der Waals surface area contributed by atoms with E-state index in [9.17, 15) is 4.79 Å². The Bertz CT molecular complexity index is 923. The van der Waals surface area contributed by atoms with Crippen molar-refractivity contribution in [3.05, 3.63) is 71.3 Å². The third kappa shape index (κ3) is 7.86. The van der Waals surface area contributed by atoms with Crippen molar-refractivity contribution >= 4 is 11.9 Å². The second-order valence-corrected chi connectivity index (χ2v) is 10.9. The van der Waals surface area contributed by atoms with Crippen LogP contribution in [0, 0.1) is 23.7 Å². The van der Waals surface area contributed by atoms with E-state index in [1.165, 1.54) is 49.7 Å². The molecule has 1 aliphatic heterocycles. The Balaban J connectivity index is 0.000000656. The molecular weight excluding hydrogens is 416 g/mol. The molecule has 34 heavy (non-hydrogen) atoms. The van der Waals surface area contributed by atoms with Gasteiger partial charge in [-0.1, -0.05) is 96.0 Å². The van der Waals surface area contributed by atoms with Crippen LogP contribution in [0.1, 0.15) is 94.7 Å². The minimum atomic E-state index is 0. The van der Waals surface area contributed by atoms with Gasteiger partial charge in [-0.3, -0.25) is 4.79 Å². The van der Waals surface area contributed by atoms with Gasteiger partial charge in [0.25, 0.3) is 0 Å². The van der Waals surface area contributed by atoms with Crippen LogP contribution in [0.15, 0.2) is 49.0 Å². The topological polar surface area (TPSA) is 26.3 Å². The Kier molecular flexibility index (Phi) is 9.99. The summed E-state index contributed by atoms with van der Waals surface area (Å²) in [6.45, 7) is 13.4. The van der Waals surface area contributed by atoms with E-state index in [0.717, 1.165) is 41.1 Å². The quantitative estimate of drug-likeness (QED) is 0.384. The largest absolute Gasteiger partial charge is 0.493 e. The van der Waals surface area contributed by atoms with Crippen LogP contribution in [0.25, 0.3) is 6.08 Å². The lowest BCUT2D eigenvalue weighted by Crippen LogP contribution is -2.24. The summed E-state index contributed by atoms with van der Waals surface area (Å²) < 4.78 is 6.09. The highest BCUT2D eigenvalue weighted by molar-refractivity contribution is 5.96. The molecule has 2 aromatic carbocycles. The molecule has 1 heterocycles. The first-order valence-corrected chi connectivity index (χ1v) is 13.4. The zero-order valence-electron chi connectivity index (χ0n) is 21.8. The van der Waals surface area contributed by atoms with Gasteiger partial charge in [-0.15, -0.1) is 0 Å². The number of Topliss-reactive ketones (excluding diaryl/α,β-unsaturated/α-hetero) is 1. The molecule has 0 unspecified atom stereocenters. The highest BCUT2D eigenvalue weighted by Gasteiger charge is 2.24. The summed E-state index contributed by atoms with van der Waals surface area (Å²) in [6.07, 6.45) is 11.2. The molecular formula is C32H46O2. The molecule has 0 amide bonds.